The molecule has 1 heterocycles. The van der Waals surface area contributed by atoms with Crippen molar-refractivity contribution in [3.63, 3.8) is 0 Å². The molecule has 0 saturated heterocycles. The first kappa shape index (κ1) is 21.2. The summed E-state index contributed by atoms with van der Waals surface area (Å²) in [5.41, 5.74) is 2.37. The van der Waals surface area contributed by atoms with Crippen molar-refractivity contribution in [3.8, 4) is 0 Å². The van der Waals surface area contributed by atoms with E-state index >= 15 is 0 Å². The zero-order chi connectivity index (χ0) is 18.5. The molecule has 0 radical (unpaired) electrons. The molecule has 0 unspecified atom stereocenters. The van der Waals surface area contributed by atoms with Crippen LogP contribution in [0.4, 0.5) is 0 Å². The molecule has 0 amide bonds. The van der Waals surface area contributed by atoms with E-state index < -0.39 is 0 Å². The minimum Gasteiger partial charge on any atom is -0.236 e. The third-order valence-corrected chi connectivity index (χ3v) is 5.51. The fourth-order valence-electron chi connectivity index (χ4n) is 3.75. The van der Waals surface area contributed by atoms with Gasteiger partial charge in [-0.25, -0.2) is 4.98 Å². The lowest BCUT2D eigenvalue weighted by molar-refractivity contribution is 0.539. The van der Waals surface area contributed by atoms with Gasteiger partial charge in [-0.2, -0.15) is 0 Å². The number of para-hydroxylation sites is 1. The Kier molecular flexibility index (Phi) is 10.7. The number of aryl methyl sites for hydroxylation is 1. The molecule has 2 rings (SSSR count). The lowest BCUT2D eigenvalue weighted by atomic mass is 10.0. The SMILES string of the molecule is CCCCCCCCCCCCCCCc1cc(Cl)nc2ccccc12. The first-order valence-corrected chi connectivity index (χ1v) is 11.2. The first-order valence-electron chi connectivity index (χ1n) is 10.9. The van der Waals surface area contributed by atoms with E-state index in [4.69, 9.17) is 11.6 Å². The van der Waals surface area contributed by atoms with Crippen molar-refractivity contribution in [1.82, 2.24) is 4.98 Å². The van der Waals surface area contributed by atoms with Gasteiger partial charge in [0.25, 0.3) is 0 Å². The van der Waals surface area contributed by atoms with Crippen molar-refractivity contribution in [3.05, 3.63) is 41.0 Å². The van der Waals surface area contributed by atoms with E-state index in [1.807, 2.05) is 12.1 Å². The normalized spacial score (nSPS) is 11.3. The number of benzene rings is 1. The van der Waals surface area contributed by atoms with Gasteiger partial charge in [0.1, 0.15) is 5.15 Å². The van der Waals surface area contributed by atoms with Crippen molar-refractivity contribution in [1.29, 1.82) is 0 Å². The number of rotatable bonds is 14. The standard InChI is InChI=1S/C24H36ClN/c1-2-3-4-5-6-7-8-9-10-11-12-13-14-17-21-20-24(25)26-23-19-16-15-18-22(21)23/h15-16,18-20H,2-14,17H2,1H3. The quantitative estimate of drug-likeness (QED) is 0.239. The molecule has 0 aliphatic heterocycles. The number of unbranched alkanes of at least 4 members (excludes halogenated alkanes) is 12. The van der Waals surface area contributed by atoms with Gasteiger partial charge in [0, 0.05) is 5.39 Å². The van der Waals surface area contributed by atoms with Crippen LogP contribution in [0.15, 0.2) is 30.3 Å². The van der Waals surface area contributed by atoms with Crippen LogP contribution in [0.1, 0.15) is 96.0 Å². The van der Waals surface area contributed by atoms with Crippen LogP contribution in [0.3, 0.4) is 0 Å². The highest BCUT2D eigenvalue weighted by Gasteiger charge is 2.04. The maximum absolute atomic E-state index is 6.17. The Morgan fingerprint density at radius 1 is 0.731 bits per heavy atom. The maximum atomic E-state index is 6.17. The fraction of sp³-hybridized carbons (Fsp3) is 0.625. The Balaban J connectivity index is 1.51. The lowest BCUT2D eigenvalue weighted by Crippen LogP contribution is -1.91. The van der Waals surface area contributed by atoms with Crippen molar-refractivity contribution >= 4 is 22.5 Å². The number of hydrogen-bond acceptors (Lipinski definition) is 1. The van der Waals surface area contributed by atoms with Gasteiger partial charge in [0.05, 0.1) is 5.52 Å². The zero-order valence-corrected chi connectivity index (χ0v) is 17.4. The Labute approximate surface area is 165 Å². The highest BCUT2D eigenvalue weighted by atomic mass is 35.5. The molecule has 0 atom stereocenters. The predicted molar refractivity (Wildman–Crippen MR) is 116 cm³/mol. The first-order chi connectivity index (χ1) is 12.8. The molecular weight excluding hydrogens is 338 g/mol. The molecule has 26 heavy (non-hydrogen) atoms. The largest absolute Gasteiger partial charge is 0.236 e. The molecular formula is C24H36ClN. The van der Waals surface area contributed by atoms with Crippen molar-refractivity contribution < 1.29 is 0 Å². The summed E-state index contributed by atoms with van der Waals surface area (Å²) in [6.45, 7) is 2.29. The molecule has 2 aromatic rings. The van der Waals surface area contributed by atoms with Crippen LogP contribution in [-0.2, 0) is 6.42 Å². The van der Waals surface area contributed by atoms with Gasteiger partial charge >= 0.3 is 0 Å². The van der Waals surface area contributed by atoms with Crippen molar-refractivity contribution in [2.45, 2.75) is 96.8 Å². The second-order valence-corrected chi connectivity index (χ2v) is 8.00. The van der Waals surface area contributed by atoms with Gasteiger partial charge in [-0.15, -0.1) is 0 Å². The van der Waals surface area contributed by atoms with E-state index in [-0.39, 0.29) is 0 Å². The molecule has 1 nitrogen and oxygen atoms in total. The van der Waals surface area contributed by atoms with Gasteiger partial charge in [-0.3, -0.25) is 0 Å². The predicted octanol–water partition coefficient (Wildman–Crippen LogP) is 8.52. The Bertz CT molecular complexity index is 623. The van der Waals surface area contributed by atoms with E-state index in [0.29, 0.717) is 5.15 Å². The summed E-state index contributed by atoms with van der Waals surface area (Å²) < 4.78 is 0. The monoisotopic (exact) mass is 373 g/mol. The lowest BCUT2D eigenvalue weighted by Gasteiger charge is -2.07. The molecule has 0 bridgehead atoms. The van der Waals surface area contributed by atoms with E-state index in [0.717, 1.165) is 11.9 Å². The van der Waals surface area contributed by atoms with Crippen molar-refractivity contribution in [2.24, 2.45) is 0 Å². The highest BCUT2D eigenvalue weighted by molar-refractivity contribution is 6.29. The Morgan fingerprint density at radius 3 is 1.88 bits per heavy atom. The van der Waals surface area contributed by atoms with Crippen LogP contribution in [-0.4, -0.2) is 4.98 Å². The topological polar surface area (TPSA) is 12.9 Å². The maximum Gasteiger partial charge on any atom is 0.130 e. The summed E-state index contributed by atoms with van der Waals surface area (Å²) in [7, 11) is 0. The van der Waals surface area contributed by atoms with Crippen LogP contribution in [0.5, 0.6) is 0 Å². The molecule has 144 valence electrons. The van der Waals surface area contributed by atoms with Crippen LogP contribution in [0, 0.1) is 0 Å². The Hall–Kier alpha value is -1.08. The average molecular weight is 374 g/mol. The van der Waals surface area contributed by atoms with Gasteiger partial charge in [0.15, 0.2) is 0 Å². The summed E-state index contributed by atoms with van der Waals surface area (Å²) in [6.07, 6.45) is 19.3. The Morgan fingerprint density at radius 2 is 1.27 bits per heavy atom. The van der Waals surface area contributed by atoms with Gasteiger partial charge in [0.2, 0.25) is 0 Å². The molecule has 0 spiro atoms. The van der Waals surface area contributed by atoms with E-state index in [1.165, 1.54) is 94.4 Å². The minimum atomic E-state index is 0.619. The van der Waals surface area contributed by atoms with E-state index in [9.17, 15) is 0 Å². The van der Waals surface area contributed by atoms with Crippen LogP contribution in [0.25, 0.3) is 10.9 Å². The summed E-state index contributed by atoms with van der Waals surface area (Å²) in [5.74, 6) is 0. The fourth-order valence-corrected chi connectivity index (χ4v) is 3.97. The highest BCUT2D eigenvalue weighted by Crippen LogP contribution is 2.23. The number of aromatic nitrogens is 1. The van der Waals surface area contributed by atoms with Gasteiger partial charge in [-0.05, 0) is 30.5 Å². The summed E-state index contributed by atoms with van der Waals surface area (Å²) >= 11 is 6.17. The third-order valence-electron chi connectivity index (χ3n) is 5.32. The third kappa shape index (κ3) is 8.08. The molecule has 0 aliphatic carbocycles. The summed E-state index contributed by atoms with van der Waals surface area (Å²) in [6, 6.07) is 10.4. The molecule has 2 heteroatoms. The van der Waals surface area contributed by atoms with E-state index in [1.54, 1.807) is 0 Å². The average Bonchev–Trinajstić information content (AvgIpc) is 2.65. The summed E-state index contributed by atoms with van der Waals surface area (Å²) in [4.78, 5) is 4.42. The molecule has 0 aliphatic rings. The van der Waals surface area contributed by atoms with Crippen LogP contribution < -0.4 is 0 Å². The summed E-state index contributed by atoms with van der Waals surface area (Å²) in [5, 5.41) is 1.88. The number of pyridine rings is 1. The second-order valence-electron chi connectivity index (χ2n) is 7.61. The number of fused-ring (bicyclic) bond motifs is 1. The molecule has 1 aromatic heterocycles. The molecule has 0 saturated carbocycles. The van der Waals surface area contributed by atoms with Gasteiger partial charge < -0.3 is 0 Å². The van der Waals surface area contributed by atoms with Crippen LogP contribution in [0.2, 0.25) is 5.15 Å². The van der Waals surface area contributed by atoms with Crippen LogP contribution >= 0.6 is 11.6 Å². The molecule has 0 N–H and O–H groups in total. The molecule has 0 fully saturated rings. The molecule has 1 aromatic carbocycles. The number of nitrogens with zero attached hydrogens (tertiary/aromatic N) is 1. The number of hydrogen-bond donors (Lipinski definition) is 0. The number of halogens is 1. The van der Waals surface area contributed by atoms with E-state index in [2.05, 4.69) is 30.1 Å². The second kappa shape index (κ2) is 13.1. The smallest absolute Gasteiger partial charge is 0.130 e. The minimum absolute atomic E-state index is 0.619. The van der Waals surface area contributed by atoms with Crippen molar-refractivity contribution in [2.75, 3.05) is 0 Å². The van der Waals surface area contributed by atoms with Gasteiger partial charge in [-0.1, -0.05) is 114 Å². The zero-order valence-electron chi connectivity index (χ0n) is 16.6.